The second-order valence-electron chi connectivity index (χ2n) is 4.22. The number of rotatable bonds is 4. The summed E-state index contributed by atoms with van der Waals surface area (Å²) in [5.74, 6) is -1.97. The number of hydrogen-bond acceptors (Lipinski definition) is 3. The Labute approximate surface area is 115 Å². The molecule has 4 nitrogen and oxygen atoms in total. The van der Waals surface area contributed by atoms with Crippen molar-refractivity contribution in [1.29, 1.82) is 0 Å². The third kappa shape index (κ3) is 3.21. The van der Waals surface area contributed by atoms with Gasteiger partial charge >= 0.3 is 5.97 Å². The first-order chi connectivity index (χ1) is 9.38. The quantitative estimate of drug-likeness (QED) is 0.879. The third-order valence-electron chi connectivity index (χ3n) is 2.70. The maximum Gasteiger partial charge on any atom is 0.335 e. The van der Waals surface area contributed by atoms with Gasteiger partial charge in [0.1, 0.15) is 5.82 Å². The van der Waals surface area contributed by atoms with Crippen molar-refractivity contribution in [1.82, 2.24) is 0 Å². The van der Waals surface area contributed by atoms with Crippen molar-refractivity contribution >= 4 is 15.8 Å². The fourth-order valence-electron chi connectivity index (χ4n) is 1.74. The molecule has 0 amide bonds. The summed E-state index contributed by atoms with van der Waals surface area (Å²) in [6.45, 7) is 0. The predicted octanol–water partition coefficient (Wildman–Crippen LogP) is 2.50. The van der Waals surface area contributed by atoms with E-state index >= 15 is 0 Å². The van der Waals surface area contributed by atoms with Crippen LogP contribution in [0.5, 0.6) is 0 Å². The van der Waals surface area contributed by atoms with E-state index < -0.39 is 21.6 Å². The smallest absolute Gasteiger partial charge is 0.335 e. The lowest BCUT2D eigenvalue weighted by molar-refractivity contribution is 0.0696. The van der Waals surface area contributed by atoms with Crippen LogP contribution in [0.15, 0.2) is 53.4 Å². The summed E-state index contributed by atoms with van der Waals surface area (Å²) in [5.41, 5.74) is 0.394. The van der Waals surface area contributed by atoms with E-state index in [-0.39, 0.29) is 16.2 Å². The number of hydrogen-bond donors (Lipinski definition) is 1. The van der Waals surface area contributed by atoms with Crippen LogP contribution in [0.4, 0.5) is 4.39 Å². The van der Waals surface area contributed by atoms with Crippen LogP contribution < -0.4 is 0 Å². The number of aromatic carboxylic acids is 1. The number of carboxylic acids is 1. The van der Waals surface area contributed by atoms with Crippen LogP contribution >= 0.6 is 0 Å². The molecule has 6 heteroatoms. The van der Waals surface area contributed by atoms with Crippen LogP contribution in [0, 0.1) is 5.82 Å². The van der Waals surface area contributed by atoms with Gasteiger partial charge in [0.15, 0.2) is 9.84 Å². The monoisotopic (exact) mass is 294 g/mol. The maximum absolute atomic E-state index is 12.8. The zero-order chi connectivity index (χ0) is 14.8. The fraction of sp³-hybridized carbons (Fsp3) is 0.0714. The number of sulfone groups is 1. The Bertz CT molecular complexity index is 736. The summed E-state index contributed by atoms with van der Waals surface area (Å²) < 4.78 is 37.0. The molecule has 0 aliphatic rings. The van der Waals surface area contributed by atoms with Crippen molar-refractivity contribution in [3.63, 3.8) is 0 Å². The second-order valence-corrected chi connectivity index (χ2v) is 6.21. The Morgan fingerprint density at radius 1 is 1.10 bits per heavy atom. The molecule has 0 atom stereocenters. The van der Waals surface area contributed by atoms with Gasteiger partial charge in [-0.3, -0.25) is 0 Å². The normalized spacial score (nSPS) is 11.2. The van der Waals surface area contributed by atoms with Gasteiger partial charge in [-0.2, -0.15) is 0 Å². The zero-order valence-corrected chi connectivity index (χ0v) is 11.1. The molecule has 0 aromatic heterocycles. The molecule has 2 aromatic rings. The molecule has 1 N–H and O–H groups in total. The minimum Gasteiger partial charge on any atom is -0.478 e. The van der Waals surface area contributed by atoms with Crippen LogP contribution in [0.1, 0.15) is 15.9 Å². The van der Waals surface area contributed by atoms with Gasteiger partial charge in [-0.15, -0.1) is 0 Å². The highest BCUT2D eigenvalue weighted by atomic mass is 32.2. The van der Waals surface area contributed by atoms with Gasteiger partial charge in [-0.05, 0) is 42.0 Å². The highest BCUT2D eigenvalue weighted by Gasteiger charge is 2.16. The number of carboxylic acid groups (broad SMARTS) is 1. The molecule has 20 heavy (non-hydrogen) atoms. The molecule has 0 saturated heterocycles. The Hall–Kier alpha value is -2.21. The van der Waals surface area contributed by atoms with Crippen molar-refractivity contribution in [2.45, 2.75) is 10.6 Å². The Kier molecular flexibility index (Phi) is 3.85. The van der Waals surface area contributed by atoms with Gasteiger partial charge < -0.3 is 5.11 Å². The lowest BCUT2D eigenvalue weighted by Crippen LogP contribution is -2.06. The average molecular weight is 294 g/mol. The van der Waals surface area contributed by atoms with Crippen molar-refractivity contribution < 1.29 is 22.7 Å². The molecule has 2 aromatic carbocycles. The average Bonchev–Trinajstić information content (AvgIpc) is 2.39. The molecule has 0 fully saturated rings. The number of halogens is 1. The topological polar surface area (TPSA) is 71.4 Å². The van der Waals surface area contributed by atoms with Crippen LogP contribution in [0.3, 0.4) is 0 Å². The number of benzene rings is 2. The largest absolute Gasteiger partial charge is 0.478 e. The summed E-state index contributed by atoms with van der Waals surface area (Å²) in [5, 5.41) is 8.86. The summed E-state index contributed by atoms with van der Waals surface area (Å²) in [6, 6.07) is 10.2. The van der Waals surface area contributed by atoms with Crippen molar-refractivity contribution in [2.24, 2.45) is 0 Å². The molecule has 0 heterocycles. The molecule has 0 radical (unpaired) electrons. The first-order valence-electron chi connectivity index (χ1n) is 5.69. The maximum atomic E-state index is 12.8. The SMILES string of the molecule is O=C(O)c1cccc(CS(=O)(=O)c2ccc(F)cc2)c1. The van der Waals surface area contributed by atoms with Crippen LogP contribution in [0.2, 0.25) is 0 Å². The Morgan fingerprint density at radius 2 is 1.75 bits per heavy atom. The van der Waals surface area contributed by atoms with E-state index in [0.29, 0.717) is 5.56 Å². The van der Waals surface area contributed by atoms with Crippen LogP contribution in [-0.4, -0.2) is 19.5 Å². The van der Waals surface area contributed by atoms with Crippen molar-refractivity contribution in [3.8, 4) is 0 Å². The lowest BCUT2D eigenvalue weighted by atomic mass is 10.1. The molecule has 0 saturated carbocycles. The molecule has 0 unspecified atom stereocenters. The van der Waals surface area contributed by atoms with E-state index in [4.69, 9.17) is 5.11 Å². The third-order valence-corrected chi connectivity index (χ3v) is 4.41. The predicted molar refractivity (Wildman–Crippen MR) is 70.7 cm³/mol. The highest BCUT2D eigenvalue weighted by molar-refractivity contribution is 7.90. The molecule has 104 valence electrons. The minimum atomic E-state index is -3.63. The van der Waals surface area contributed by atoms with E-state index in [9.17, 15) is 17.6 Å². The molecular formula is C14H11FO4S. The van der Waals surface area contributed by atoms with Gasteiger partial charge in [0, 0.05) is 0 Å². The van der Waals surface area contributed by atoms with E-state index in [0.717, 1.165) is 12.1 Å². The van der Waals surface area contributed by atoms with Gasteiger partial charge in [0.2, 0.25) is 0 Å². The first kappa shape index (κ1) is 14.2. The standard InChI is InChI=1S/C14H11FO4S/c15-12-4-6-13(7-5-12)20(18,19)9-10-2-1-3-11(8-10)14(16)17/h1-8H,9H2,(H,16,17). The van der Waals surface area contributed by atoms with Crippen molar-refractivity contribution in [2.75, 3.05) is 0 Å². The zero-order valence-electron chi connectivity index (χ0n) is 10.3. The molecule has 0 spiro atoms. The lowest BCUT2D eigenvalue weighted by Gasteiger charge is -2.05. The summed E-state index contributed by atoms with van der Waals surface area (Å²) in [7, 11) is -3.63. The highest BCUT2D eigenvalue weighted by Crippen LogP contribution is 2.17. The molecule has 0 aliphatic heterocycles. The minimum absolute atomic E-state index is 0.000344. The summed E-state index contributed by atoms with van der Waals surface area (Å²) >= 11 is 0. The van der Waals surface area contributed by atoms with E-state index in [1.807, 2.05) is 0 Å². The Balaban J connectivity index is 2.31. The number of carbonyl (C=O) groups is 1. The van der Waals surface area contributed by atoms with Gasteiger partial charge in [0.25, 0.3) is 0 Å². The molecular weight excluding hydrogens is 283 g/mol. The molecule has 2 rings (SSSR count). The molecule has 0 bridgehead atoms. The van der Waals surface area contributed by atoms with Gasteiger partial charge in [0.05, 0.1) is 16.2 Å². The van der Waals surface area contributed by atoms with E-state index in [1.165, 1.54) is 36.4 Å². The van der Waals surface area contributed by atoms with Crippen molar-refractivity contribution in [3.05, 3.63) is 65.5 Å². The van der Waals surface area contributed by atoms with Gasteiger partial charge in [-0.1, -0.05) is 12.1 Å². The van der Waals surface area contributed by atoms with E-state index in [2.05, 4.69) is 0 Å². The summed E-state index contributed by atoms with van der Waals surface area (Å²) in [6.07, 6.45) is 0. The summed E-state index contributed by atoms with van der Waals surface area (Å²) in [4.78, 5) is 10.8. The van der Waals surface area contributed by atoms with E-state index in [1.54, 1.807) is 0 Å². The molecule has 0 aliphatic carbocycles. The van der Waals surface area contributed by atoms with Crippen LogP contribution in [0.25, 0.3) is 0 Å². The second kappa shape index (κ2) is 5.42. The first-order valence-corrected chi connectivity index (χ1v) is 7.34. The fourth-order valence-corrected chi connectivity index (χ4v) is 3.07. The van der Waals surface area contributed by atoms with Crippen LogP contribution in [-0.2, 0) is 15.6 Å². The van der Waals surface area contributed by atoms with Gasteiger partial charge in [-0.25, -0.2) is 17.6 Å². The Morgan fingerprint density at radius 3 is 2.35 bits per heavy atom.